The molecular weight excluding hydrogens is 232 g/mol. The third kappa shape index (κ3) is 2.64. The summed E-state index contributed by atoms with van der Waals surface area (Å²) in [5.41, 5.74) is 0.977. The van der Waals surface area contributed by atoms with E-state index in [0.717, 1.165) is 24.9 Å². The summed E-state index contributed by atoms with van der Waals surface area (Å²) in [7, 11) is 1.85. The van der Waals surface area contributed by atoms with Crippen LogP contribution in [0.3, 0.4) is 0 Å². The van der Waals surface area contributed by atoms with Crippen LogP contribution in [0, 0.1) is 0 Å². The van der Waals surface area contributed by atoms with Gasteiger partial charge in [-0.05, 0) is 19.8 Å². The number of amides is 2. The molecule has 1 saturated heterocycles. The molecule has 0 aliphatic carbocycles. The van der Waals surface area contributed by atoms with E-state index < -0.39 is 0 Å². The van der Waals surface area contributed by atoms with Crippen molar-refractivity contribution in [1.82, 2.24) is 20.0 Å². The number of aromatic nitrogens is 2. The monoisotopic (exact) mass is 252 g/mol. The van der Waals surface area contributed by atoms with Crippen LogP contribution in [0.4, 0.5) is 4.79 Å². The maximum absolute atomic E-state index is 12.1. The van der Waals surface area contributed by atoms with Crippen LogP contribution in [0.1, 0.15) is 31.4 Å². The molecule has 1 fully saturated rings. The average Bonchev–Trinajstić information content (AvgIpc) is 2.96. The van der Waals surface area contributed by atoms with Crippen LogP contribution in [0.2, 0.25) is 0 Å². The van der Waals surface area contributed by atoms with Gasteiger partial charge in [0.2, 0.25) is 0 Å². The Labute approximate surface area is 107 Å². The third-order valence-corrected chi connectivity index (χ3v) is 3.41. The van der Waals surface area contributed by atoms with E-state index >= 15 is 0 Å². The number of nitrogens with zero attached hydrogens (tertiary/aromatic N) is 3. The lowest BCUT2D eigenvalue weighted by molar-refractivity contribution is 0.155. The van der Waals surface area contributed by atoms with Crippen LogP contribution in [0.5, 0.6) is 0 Å². The second-order valence-corrected chi connectivity index (χ2v) is 4.79. The smallest absolute Gasteiger partial charge is 0.318 e. The normalized spacial score (nSPS) is 21.1. The van der Waals surface area contributed by atoms with Gasteiger partial charge in [0.05, 0.1) is 24.9 Å². The number of hydrogen-bond acceptors (Lipinski definition) is 3. The highest BCUT2D eigenvalue weighted by Gasteiger charge is 2.28. The van der Waals surface area contributed by atoms with Crippen molar-refractivity contribution in [2.24, 2.45) is 7.05 Å². The lowest BCUT2D eigenvalue weighted by atomic mass is 10.2. The molecule has 1 aliphatic rings. The molecule has 6 nitrogen and oxygen atoms in total. The molecule has 2 N–H and O–H groups in total. The lowest BCUT2D eigenvalue weighted by Crippen LogP contribution is -2.44. The quantitative estimate of drug-likeness (QED) is 0.829. The minimum Gasteiger partial charge on any atom is -0.394 e. The molecule has 6 heteroatoms. The first-order valence-electron chi connectivity index (χ1n) is 6.28. The molecule has 0 spiro atoms. The van der Waals surface area contributed by atoms with Gasteiger partial charge in [-0.1, -0.05) is 0 Å². The van der Waals surface area contributed by atoms with Crippen LogP contribution < -0.4 is 5.32 Å². The molecule has 1 aliphatic heterocycles. The number of carbonyl (C=O) groups is 1. The minimum atomic E-state index is -0.108. The molecule has 2 heterocycles. The summed E-state index contributed by atoms with van der Waals surface area (Å²) in [6, 6.07) is -0.222. The van der Waals surface area contributed by atoms with Crippen molar-refractivity contribution in [1.29, 1.82) is 0 Å². The molecule has 2 amide bonds. The summed E-state index contributed by atoms with van der Waals surface area (Å²) in [6.07, 6.45) is 5.47. The van der Waals surface area contributed by atoms with Crippen molar-refractivity contribution in [3.63, 3.8) is 0 Å². The Balaban J connectivity index is 1.94. The van der Waals surface area contributed by atoms with Gasteiger partial charge in [-0.25, -0.2) is 4.79 Å². The van der Waals surface area contributed by atoms with Crippen LogP contribution in [-0.2, 0) is 7.05 Å². The van der Waals surface area contributed by atoms with Gasteiger partial charge in [-0.2, -0.15) is 5.10 Å². The number of carbonyl (C=O) groups excluding carboxylic acids is 1. The number of likely N-dealkylation sites (tertiary alicyclic amines) is 1. The van der Waals surface area contributed by atoms with Crippen molar-refractivity contribution in [2.75, 3.05) is 13.2 Å². The molecule has 0 aromatic carbocycles. The van der Waals surface area contributed by atoms with Crippen LogP contribution in [0.25, 0.3) is 0 Å². The fourth-order valence-electron chi connectivity index (χ4n) is 2.31. The highest BCUT2D eigenvalue weighted by Crippen LogP contribution is 2.18. The summed E-state index contributed by atoms with van der Waals surface area (Å²) in [5, 5.41) is 16.2. The molecule has 0 bridgehead atoms. The van der Waals surface area contributed by atoms with Gasteiger partial charge >= 0.3 is 6.03 Å². The first kappa shape index (κ1) is 12.9. The van der Waals surface area contributed by atoms with Crippen LogP contribution in [0.15, 0.2) is 12.4 Å². The number of aryl methyl sites for hydroxylation is 1. The third-order valence-electron chi connectivity index (χ3n) is 3.41. The number of hydrogen-bond donors (Lipinski definition) is 2. The minimum absolute atomic E-state index is 0.0360. The van der Waals surface area contributed by atoms with Crippen molar-refractivity contribution >= 4 is 6.03 Å². The Kier molecular flexibility index (Phi) is 3.86. The van der Waals surface area contributed by atoms with Gasteiger partial charge < -0.3 is 15.3 Å². The molecule has 0 saturated carbocycles. The Morgan fingerprint density at radius 1 is 1.72 bits per heavy atom. The number of aliphatic hydroxyl groups excluding tert-OH is 1. The van der Waals surface area contributed by atoms with Gasteiger partial charge in [0.15, 0.2) is 0 Å². The summed E-state index contributed by atoms with van der Waals surface area (Å²) < 4.78 is 1.71. The van der Waals surface area contributed by atoms with Gasteiger partial charge in [-0.3, -0.25) is 4.68 Å². The number of nitrogens with one attached hydrogen (secondary N) is 1. The maximum atomic E-state index is 12.1. The first-order valence-corrected chi connectivity index (χ1v) is 6.28. The molecule has 1 aromatic rings. The summed E-state index contributed by atoms with van der Waals surface area (Å²) in [6.45, 7) is 2.68. The molecule has 18 heavy (non-hydrogen) atoms. The van der Waals surface area contributed by atoms with E-state index in [0.29, 0.717) is 0 Å². The van der Waals surface area contributed by atoms with E-state index in [4.69, 9.17) is 0 Å². The fraction of sp³-hybridized carbons (Fsp3) is 0.667. The molecule has 1 aromatic heterocycles. The highest BCUT2D eigenvalue weighted by molar-refractivity contribution is 5.75. The zero-order chi connectivity index (χ0) is 13.1. The predicted octanol–water partition coefficient (Wildman–Crippen LogP) is 0.647. The summed E-state index contributed by atoms with van der Waals surface area (Å²) in [5.74, 6) is 0. The van der Waals surface area contributed by atoms with Gasteiger partial charge in [0, 0.05) is 25.4 Å². The fourth-order valence-corrected chi connectivity index (χ4v) is 2.31. The lowest BCUT2D eigenvalue weighted by Gasteiger charge is -2.25. The zero-order valence-corrected chi connectivity index (χ0v) is 10.8. The molecule has 2 atom stereocenters. The van der Waals surface area contributed by atoms with Crippen molar-refractivity contribution in [3.05, 3.63) is 18.0 Å². The Hall–Kier alpha value is -1.56. The first-order chi connectivity index (χ1) is 8.61. The summed E-state index contributed by atoms with van der Waals surface area (Å²) in [4.78, 5) is 13.8. The van der Waals surface area contributed by atoms with E-state index in [1.807, 2.05) is 20.2 Å². The van der Waals surface area contributed by atoms with E-state index in [1.165, 1.54) is 0 Å². The molecule has 0 radical (unpaired) electrons. The zero-order valence-electron chi connectivity index (χ0n) is 10.8. The number of aliphatic hydroxyl groups is 1. The Morgan fingerprint density at radius 3 is 3.11 bits per heavy atom. The number of rotatable bonds is 3. The predicted molar refractivity (Wildman–Crippen MR) is 67.0 cm³/mol. The Morgan fingerprint density at radius 2 is 2.50 bits per heavy atom. The van der Waals surface area contributed by atoms with Crippen molar-refractivity contribution in [2.45, 2.75) is 31.8 Å². The highest BCUT2D eigenvalue weighted by atomic mass is 16.3. The standard InChI is InChI=1S/C12H20N4O2/c1-9(10-6-13-15(2)7-10)14-12(18)16-5-3-4-11(16)8-17/h6-7,9,11,17H,3-5,8H2,1-2H3,(H,14,18)/t9?,11-/m0/s1. The van der Waals surface area contributed by atoms with Crippen LogP contribution in [-0.4, -0.2) is 45.0 Å². The largest absolute Gasteiger partial charge is 0.394 e. The average molecular weight is 252 g/mol. The SMILES string of the molecule is CC(NC(=O)N1CCC[C@H]1CO)c1cnn(C)c1. The van der Waals surface area contributed by atoms with Crippen molar-refractivity contribution < 1.29 is 9.90 Å². The maximum Gasteiger partial charge on any atom is 0.318 e. The van der Waals surface area contributed by atoms with E-state index in [2.05, 4.69) is 10.4 Å². The topological polar surface area (TPSA) is 70.4 Å². The van der Waals surface area contributed by atoms with Crippen molar-refractivity contribution in [3.8, 4) is 0 Å². The van der Waals surface area contributed by atoms with Gasteiger partial charge in [0.1, 0.15) is 0 Å². The van der Waals surface area contributed by atoms with E-state index in [-0.39, 0.29) is 24.7 Å². The second-order valence-electron chi connectivity index (χ2n) is 4.79. The van der Waals surface area contributed by atoms with Gasteiger partial charge in [0.25, 0.3) is 0 Å². The van der Waals surface area contributed by atoms with Gasteiger partial charge in [-0.15, -0.1) is 0 Å². The molecule has 2 rings (SSSR count). The molecule has 100 valence electrons. The van der Waals surface area contributed by atoms with Crippen LogP contribution >= 0.6 is 0 Å². The second kappa shape index (κ2) is 5.39. The molecular formula is C12H20N4O2. The Bertz CT molecular complexity index is 418. The molecule has 1 unspecified atom stereocenters. The number of urea groups is 1. The summed E-state index contributed by atoms with van der Waals surface area (Å²) >= 11 is 0. The van der Waals surface area contributed by atoms with E-state index in [9.17, 15) is 9.90 Å². The van der Waals surface area contributed by atoms with E-state index in [1.54, 1.807) is 15.8 Å².